The molecule has 16 aromatic carbocycles. The van der Waals surface area contributed by atoms with Gasteiger partial charge in [0, 0.05) is 58.4 Å². The molecule has 6 heteroatoms. The number of aromatic nitrogens is 4. The number of rotatable bonds is 10. The highest BCUT2D eigenvalue weighted by Gasteiger charge is 2.52. The molecule has 5 aliphatic rings. The highest BCUT2D eigenvalue weighted by atomic mass is 32.2. The average Bonchev–Trinajstić information content (AvgIpc) is 1.55. The predicted octanol–water partition coefficient (Wildman–Crippen LogP) is 27.9. The molecule has 0 atom stereocenters. The van der Waals surface area contributed by atoms with Crippen molar-refractivity contribution < 1.29 is 0 Å². The highest BCUT2D eigenvalue weighted by molar-refractivity contribution is 7.99. The summed E-state index contributed by atoms with van der Waals surface area (Å²) in [4.78, 5) is 26.7. The molecule has 0 amide bonds. The van der Waals surface area contributed by atoms with Crippen LogP contribution in [0.2, 0.25) is 0 Å². The third-order valence-corrected chi connectivity index (χ3v) is 27.2. The van der Waals surface area contributed by atoms with Crippen LogP contribution in [0.25, 0.3) is 146 Å². The van der Waals surface area contributed by atoms with Crippen LogP contribution in [0.1, 0.15) is 69.5 Å². The first-order chi connectivity index (χ1) is 56.7. The van der Waals surface area contributed by atoms with Crippen molar-refractivity contribution in [2.24, 2.45) is 0 Å². The van der Waals surface area contributed by atoms with Gasteiger partial charge in [-0.3, -0.25) is 0 Å². The number of hydrogen-bond donors (Lipinski definition) is 0. The van der Waals surface area contributed by atoms with Gasteiger partial charge in [0.05, 0.1) is 33.6 Å². The van der Waals surface area contributed by atoms with Crippen molar-refractivity contribution in [2.75, 3.05) is 0 Å². The van der Waals surface area contributed by atoms with Crippen LogP contribution < -0.4 is 0 Å². The molecule has 2 spiro atoms. The van der Waals surface area contributed by atoms with Crippen molar-refractivity contribution >= 4 is 23.5 Å². The van der Waals surface area contributed by atoms with Crippen LogP contribution in [-0.2, 0) is 16.2 Å². The molecule has 0 saturated heterocycles. The third kappa shape index (κ3) is 10.4. The first-order valence-electron chi connectivity index (χ1n) is 39.5. The Morgan fingerprint density at radius 1 is 0.174 bits per heavy atom. The lowest BCUT2D eigenvalue weighted by Gasteiger charge is -2.40. The minimum absolute atomic E-state index is 0.209. The zero-order valence-corrected chi connectivity index (χ0v) is 64.7. The van der Waals surface area contributed by atoms with E-state index >= 15 is 0 Å². The van der Waals surface area contributed by atoms with Crippen molar-refractivity contribution in [1.82, 2.24) is 19.9 Å². The van der Waals surface area contributed by atoms with E-state index in [2.05, 4.69) is 378 Å². The van der Waals surface area contributed by atoms with Gasteiger partial charge in [-0.1, -0.05) is 353 Å². The Balaban J connectivity index is 0.634. The summed E-state index contributed by atoms with van der Waals surface area (Å²) in [6.45, 7) is 4.71. The van der Waals surface area contributed by atoms with E-state index in [9.17, 15) is 0 Å². The fraction of sp³-hybridized carbons (Fsp3) is 0.0459. The lowest BCUT2D eigenvalue weighted by molar-refractivity contribution is 0.660. The summed E-state index contributed by atoms with van der Waals surface area (Å²) in [5, 5.41) is 0. The quantitative estimate of drug-likeness (QED) is 0.136. The van der Waals surface area contributed by atoms with E-state index in [0.717, 1.165) is 101 Å². The number of fused-ring (bicyclic) bond motifs is 21. The molecule has 2 aromatic heterocycles. The first kappa shape index (κ1) is 67.1. The molecular weight excluding hydrogens is 1430 g/mol. The molecule has 4 nitrogen and oxygen atoms in total. The van der Waals surface area contributed by atoms with Gasteiger partial charge in [0.2, 0.25) is 0 Å². The lowest BCUT2D eigenvalue weighted by atomic mass is 9.67. The van der Waals surface area contributed by atoms with Gasteiger partial charge < -0.3 is 0 Å². The largest absolute Gasteiger partial charge is 0.228 e. The highest BCUT2D eigenvalue weighted by Crippen LogP contribution is 2.65. The molecule has 0 unspecified atom stereocenters. The van der Waals surface area contributed by atoms with Gasteiger partial charge in [-0.2, -0.15) is 0 Å². The van der Waals surface area contributed by atoms with Crippen LogP contribution in [0.5, 0.6) is 0 Å². The molecule has 115 heavy (non-hydrogen) atoms. The van der Waals surface area contributed by atoms with Crippen LogP contribution >= 0.6 is 23.5 Å². The maximum Gasteiger partial charge on any atom is 0.160 e. The molecule has 4 heterocycles. The number of benzene rings is 16. The summed E-state index contributed by atoms with van der Waals surface area (Å²) >= 11 is 3.75. The molecule has 538 valence electrons. The van der Waals surface area contributed by atoms with Gasteiger partial charge in [0.15, 0.2) is 11.6 Å². The second-order valence-corrected chi connectivity index (χ2v) is 33.6. The van der Waals surface area contributed by atoms with Crippen LogP contribution in [-0.4, -0.2) is 19.9 Å². The maximum absolute atomic E-state index is 5.75. The van der Waals surface area contributed by atoms with Crippen molar-refractivity contribution in [3.8, 4) is 146 Å². The number of nitrogens with zero attached hydrogens (tertiary/aromatic N) is 4. The summed E-state index contributed by atoms with van der Waals surface area (Å²) < 4.78 is 0. The Kier molecular flexibility index (Phi) is 15.3. The molecule has 0 fully saturated rings. The summed E-state index contributed by atoms with van der Waals surface area (Å²) in [6.07, 6.45) is 0. The minimum Gasteiger partial charge on any atom is -0.228 e. The SMILES string of the molecule is CC1(C)c2ccccc2-c2ccc(-c3cc(-c4ccccc4-c4ccc5c(c4)C4(c6ccccc6S5)c5ccccc5-c5ccccc54)nc(-c4cccc(-c5ccc6c(c5)Sc5ccc(-c7cccc(-c8cccc(-c9cc(-c%10ccccc%10)nc(-c%10ccccc%10)n9)c8)c7)cc5C65c6ccccc6-c6ccccc65)c4)n3)cc21. The van der Waals surface area contributed by atoms with Crippen molar-refractivity contribution in [3.63, 3.8) is 0 Å². The predicted molar refractivity (Wildman–Crippen MR) is 472 cm³/mol. The van der Waals surface area contributed by atoms with Crippen LogP contribution in [0.4, 0.5) is 0 Å². The molecule has 0 saturated carbocycles. The summed E-state index contributed by atoms with van der Waals surface area (Å²) in [6, 6.07) is 144. The number of hydrogen-bond acceptors (Lipinski definition) is 6. The zero-order chi connectivity index (χ0) is 76.1. The van der Waals surface area contributed by atoms with Gasteiger partial charge in [-0.05, 0) is 206 Å². The third-order valence-electron chi connectivity index (χ3n) is 24.9. The molecule has 3 aliphatic carbocycles. The summed E-state index contributed by atoms with van der Waals surface area (Å²) in [5.41, 5.74) is 37.9. The topological polar surface area (TPSA) is 51.6 Å². The van der Waals surface area contributed by atoms with Crippen LogP contribution in [0.15, 0.2) is 408 Å². The fourth-order valence-corrected chi connectivity index (χ4v) is 22.0. The van der Waals surface area contributed by atoms with E-state index in [1.165, 1.54) is 109 Å². The lowest BCUT2D eigenvalue weighted by Crippen LogP contribution is -2.32. The van der Waals surface area contributed by atoms with Gasteiger partial charge in [0.25, 0.3) is 0 Å². The first-order valence-corrected chi connectivity index (χ1v) is 41.2. The average molecular weight is 1500 g/mol. The van der Waals surface area contributed by atoms with Gasteiger partial charge in [-0.15, -0.1) is 0 Å². The van der Waals surface area contributed by atoms with Crippen LogP contribution in [0.3, 0.4) is 0 Å². The standard InChI is InChI=1S/C109H70N4S2/c1-107(2)87-43-16-11-37-80(87)85-54-50-77(63-94(85)107)99-66-100(86-42-10-9-36-79(86)75-53-57-102-96(62-75)108(92-48-21-22-49-101(92)114-102)88-44-17-12-38-81(88)82-39-13-18-45-89(82)108)113-106(112-99)78-35-25-33-72(60-78)74-51-55-93-104(64-74)115-103-56-52-73(61-95(103)109(93)90-46-19-14-40-83(90)84-41-15-20-47-91(84)109)70-31-23-30-69(58-70)71-32-24-34-76(59-71)98-65-97(67-26-5-3-6-27-67)110-105(111-98)68-28-7-4-8-29-68/h3-66H,1-2H3. The maximum atomic E-state index is 5.75. The van der Waals surface area contributed by atoms with E-state index in [4.69, 9.17) is 19.9 Å². The van der Waals surface area contributed by atoms with Gasteiger partial charge in [-0.25, -0.2) is 19.9 Å². The monoisotopic (exact) mass is 1500 g/mol. The Morgan fingerprint density at radius 2 is 0.504 bits per heavy atom. The van der Waals surface area contributed by atoms with Crippen molar-refractivity contribution in [3.05, 3.63) is 444 Å². The normalized spacial score (nSPS) is 14.0. The second-order valence-electron chi connectivity index (χ2n) is 31.4. The van der Waals surface area contributed by atoms with Crippen molar-refractivity contribution in [2.45, 2.75) is 49.7 Å². The van der Waals surface area contributed by atoms with Gasteiger partial charge >= 0.3 is 0 Å². The van der Waals surface area contributed by atoms with E-state index in [0.29, 0.717) is 11.6 Å². The molecule has 23 rings (SSSR count). The van der Waals surface area contributed by atoms with Crippen molar-refractivity contribution in [1.29, 1.82) is 0 Å². The molecule has 0 bridgehead atoms. The second kappa shape index (κ2) is 26.2. The van der Waals surface area contributed by atoms with E-state index < -0.39 is 10.8 Å². The van der Waals surface area contributed by atoms with E-state index in [1.807, 2.05) is 47.8 Å². The smallest absolute Gasteiger partial charge is 0.160 e. The molecule has 0 radical (unpaired) electrons. The summed E-state index contributed by atoms with van der Waals surface area (Å²) in [7, 11) is 0. The minimum atomic E-state index is -0.616. The summed E-state index contributed by atoms with van der Waals surface area (Å²) in [5.74, 6) is 1.36. The zero-order valence-electron chi connectivity index (χ0n) is 63.1. The molecular formula is C109H70N4S2. The Morgan fingerprint density at radius 3 is 1.10 bits per heavy atom. The van der Waals surface area contributed by atoms with Gasteiger partial charge in [0.1, 0.15) is 0 Å². The van der Waals surface area contributed by atoms with Crippen LogP contribution in [0, 0.1) is 0 Å². The Bertz CT molecular complexity index is 6950. The fourth-order valence-electron chi connectivity index (χ4n) is 19.6. The molecule has 0 N–H and O–H groups in total. The molecule has 2 aliphatic heterocycles. The van der Waals surface area contributed by atoms with E-state index in [1.54, 1.807) is 0 Å². The van der Waals surface area contributed by atoms with E-state index in [-0.39, 0.29) is 5.41 Å². The Labute approximate surface area is 677 Å². The Hall–Kier alpha value is -13.6. The molecule has 18 aromatic rings.